The molecule has 0 aliphatic carbocycles. The van der Waals surface area contributed by atoms with Gasteiger partial charge in [0.25, 0.3) is 0 Å². The van der Waals surface area contributed by atoms with Crippen molar-refractivity contribution in [2.45, 2.75) is 32.8 Å². The zero-order valence-corrected chi connectivity index (χ0v) is 17.3. The average molecular weight is 407 g/mol. The third-order valence-corrected chi connectivity index (χ3v) is 4.90. The van der Waals surface area contributed by atoms with Gasteiger partial charge >= 0.3 is 0 Å². The van der Waals surface area contributed by atoms with Crippen LogP contribution in [0.1, 0.15) is 42.7 Å². The van der Waals surface area contributed by atoms with Gasteiger partial charge in [-0.2, -0.15) is 4.98 Å². The lowest BCUT2D eigenvalue weighted by atomic mass is 9.99. The highest BCUT2D eigenvalue weighted by atomic mass is 16.5. The van der Waals surface area contributed by atoms with Crippen LogP contribution in [0.25, 0.3) is 5.57 Å². The molecule has 0 unspecified atom stereocenters. The number of rotatable bonds is 7. The second kappa shape index (κ2) is 8.11. The van der Waals surface area contributed by atoms with Crippen LogP contribution < -0.4 is 20.9 Å². The zero-order chi connectivity index (χ0) is 21.3. The second-order valence-electron chi connectivity index (χ2n) is 7.54. The van der Waals surface area contributed by atoms with E-state index in [-0.39, 0.29) is 12.0 Å². The third-order valence-electron chi connectivity index (χ3n) is 4.90. The van der Waals surface area contributed by atoms with Crippen molar-refractivity contribution < 1.29 is 9.26 Å². The lowest BCUT2D eigenvalue weighted by Gasteiger charge is -2.38. The first-order valence-corrected chi connectivity index (χ1v) is 9.78. The number of ether oxygens (including phenoxy) is 1. The summed E-state index contributed by atoms with van der Waals surface area (Å²) < 4.78 is 11.1. The predicted octanol–water partition coefficient (Wildman–Crippen LogP) is 2.91. The fraction of sp³-hybridized carbons (Fsp3) is 0.333. The molecule has 30 heavy (non-hydrogen) atoms. The Morgan fingerprint density at radius 1 is 1.30 bits per heavy atom. The Kier molecular flexibility index (Phi) is 5.37. The maximum absolute atomic E-state index is 5.81. The van der Waals surface area contributed by atoms with Crippen molar-refractivity contribution in [3.05, 3.63) is 60.1 Å². The summed E-state index contributed by atoms with van der Waals surface area (Å²) in [5.41, 5.74) is 5.73. The molecule has 0 bridgehead atoms. The number of aromatic nitrogens is 4. The maximum atomic E-state index is 5.81. The monoisotopic (exact) mass is 407 g/mol. The van der Waals surface area contributed by atoms with E-state index in [4.69, 9.17) is 15.1 Å². The summed E-state index contributed by atoms with van der Waals surface area (Å²) in [7, 11) is 0. The standard InChI is InChI=1S/C21H25N7O2/c1-12(2)29-16-5-6-18(26-22)17(7-16)13(3)19-8-20(24-11-23-19)28-9-15(10-28)21-25-14(4)27-30-21/h5-8,11-12,15,26H,3,9-10,22H2,1-2,4H3. The van der Waals surface area contributed by atoms with Gasteiger partial charge in [-0.15, -0.1) is 0 Å². The Morgan fingerprint density at radius 2 is 2.10 bits per heavy atom. The molecule has 1 aliphatic heterocycles. The van der Waals surface area contributed by atoms with E-state index >= 15 is 0 Å². The molecule has 0 spiro atoms. The van der Waals surface area contributed by atoms with Crippen molar-refractivity contribution in [2.24, 2.45) is 5.84 Å². The molecule has 0 amide bonds. The molecule has 9 nitrogen and oxygen atoms in total. The number of benzene rings is 1. The Balaban J connectivity index is 1.53. The van der Waals surface area contributed by atoms with Crippen LogP contribution in [-0.2, 0) is 0 Å². The van der Waals surface area contributed by atoms with Crippen LogP contribution in [0.3, 0.4) is 0 Å². The van der Waals surface area contributed by atoms with Crippen LogP contribution in [-0.4, -0.2) is 39.3 Å². The minimum absolute atomic E-state index is 0.0652. The lowest BCUT2D eigenvalue weighted by molar-refractivity contribution is 0.242. The third kappa shape index (κ3) is 3.97. The van der Waals surface area contributed by atoms with E-state index in [0.29, 0.717) is 11.7 Å². The summed E-state index contributed by atoms with van der Waals surface area (Å²) >= 11 is 0. The van der Waals surface area contributed by atoms with E-state index in [1.54, 1.807) is 6.33 Å². The van der Waals surface area contributed by atoms with E-state index in [0.717, 1.165) is 47.2 Å². The molecule has 9 heteroatoms. The molecule has 4 rings (SSSR count). The number of nitrogens with zero attached hydrogens (tertiary/aromatic N) is 5. The molecule has 0 radical (unpaired) electrons. The predicted molar refractivity (Wildman–Crippen MR) is 114 cm³/mol. The van der Waals surface area contributed by atoms with Gasteiger partial charge in [-0.1, -0.05) is 11.7 Å². The minimum Gasteiger partial charge on any atom is -0.491 e. The van der Waals surface area contributed by atoms with Crippen LogP contribution in [0.5, 0.6) is 5.75 Å². The van der Waals surface area contributed by atoms with Gasteiger partial charge in [0, 0.05) is 30.3 Å². The number of aryl methyl sites for hydroxylation is 1. The van der Waals surface area contributed by atoms with Crippen LogP contribution in [0.4, 0.5) is 11.5 Å². The fourth-order valence-electron chi connectivity index (χ4n) is 3.37. The molecule has 0 saturated carbocycles. The highest BCUT2D eigenvalue weighted by Crippen LogP contribution is 2.34. The van der Waals surface area contributed by atoms with Crippen LogP contribution in [0.15, 0.2) is 41.7 Å². The number of nitrogens with two attached hydrogens (primary N) is 1. The normalized spacial score (nSPS) is 14.0. The second-order valence-corrected chi connectivity index (χ2v) is 7.54. The molecule has 1 aromatic carbocycles. The number of nitrogen functional groups attached to an aromatic ring is 1. The number of hydrazine groups is 1. The van der Waals surface area contributed by atoms with Crippen molar-refractivity contribution in [1.29, 1.82) is 0 Å². The quantitative estimate of drug-likeness (QED) is 0.450. The van der Waals surface area contributed by atoms with Crippen LogP contribution in [0.2, 0.25) is 0 Å². The zero-order valence-electron chi connectivity index (χ0n) is 17.3. The van der Waals surface area contributed by atoms with Gasteiger partial charge in [-0.05, 0) is 39.0 Å². The van der Waals surface area contributed by atoms with Crippen molar-refractivity contribution in [3.8, 4) is 5.75 Å². The molecule has 2 aromatic heterocycles. The summed E-state index contributed by atoms with van der Waals surface area (Å²) in [5, 5.41) is 3.86. The molecule has 3 N–H and O–H groups in total. The number of nitrogens with one attached hydrogen (secondary N) is 1. The molecule has 3 heterocycles. The van der Waals surface area contributed by atoms with E-state index < -0.39 is 0 Å². The highest BCUT2D eigenvalue weighted by molar-refractivity contribution is 5.84. The fourth-order valence-corrected chi connectivity index (χ4v) is 3.37. The smallest absolute Gasteiger partial charge is 0.233 e. The molecule has 1 saturated heterocycles. The first-order valence-electron chi connectivity index (χ1n) is 9.78. The summed E-state index contributed by atoms with van der Waals surface area (Å²) in [5.74, 6) is 8.81. The van der Waals surface area contributed by atoms with Crippen molar-refractivity contribution in [2.75, 3.05) is 23.4 Å². The largest absolute Gasteiger partial charge is 0.491 e. The van der Waals surface area contributed by atoms with E-state index in [1.165, 1.54) is 0 Å². The van der Waals surface area contributed by atoms with E-state index in [9.17, 15) is 0 Å². The maximum Gasteiger partial charge on any atom is 0.233 e. The van der Waals surface area contributed by atoms with E-state index in [2.05, 4.69) is 37.0 Å². The van der Waals surface area contributed by atoms with Gasteiger partial charge in [0.1, 0.15) is 17.9 Å². The first-order chi connectivity index (χ1) is 14.4. The molecule has 1 aliphatic rings. The van der Waals surface area contributed by atoms with E-state index in [1.807, 2.05) is 45.0 Å². The molecular weight excluding hydrogens is 382 g/mol. The van der Waals surface area contributed by atoms with Gasteiger partial charge in [-0.3, -0.25) is 5.84 Å². The Hall–Kier alpha value is -3.46. The van der Waals surface area contributed by atoms with Crippen LogP contribution in [0, 0.1) is 6.92 Å². The molecule has 156 valence electrons. The van der Waals surface area contributed by atoms with Gasteiger partial charge in [0.2, 0.25) is 5.89 Å². The Labute approximate surface area is 174 Å². The molecule has 3 aromatic rings. The van der Waals surface area contributed by atoms with Crippen molar-refractivity contribution >= 4 is 17.1 Å². The van der Waals surface area contributed by atoms with Gasteiger partial charge < -0.3 is 19.6 Å². The molecular formula is C21H25N7O2. The summed E-state index contributed by atoms with van der Waals surface area (Å²) in [6.07, 6.45) is 1.61. The lowest BCUT2D eigenvalue weighted by Crippen LogP contribution is -2.45. The number of hydrogen-bond donors (Lipinski definition) is 2. The number of anilines is 2. The SMILES string of the molecule is C=C(c1cc(N2CC(c3nc(C)no3)C2)ncn1)c1cc(OC(C)C)ccc1NN. The Bertz CT molecular complexity index is 1060. The Morgan fingerprint density at radius 3 is 2.77 bits per heavy atom. The highest BCUT2D eigenvalue weighted by Gasteiger charge is 2.33. The summed E-state index contributed by atoms with van der Waals surface area (Å²) in [4.78, 5) is 15.3. The first kappa shape index (κ1) is 19.8. The van der Waals surface area contributed by atoms with Crippen molar-refractivity contribution in [1.82, 2.24) is 20.1 Å². The van der Waals surface area contributed by atoms with Gasteiger partial charge in [0.05, 0.1) is 23.4 Å². The summed E-state index contributed by atoms with van der Waals surface area (Å²) in [6.45, 7) is 11.5. The van der Waals surface area contributed by atoms with Gasteiger partial charge in [0.15, 0.2) is 5.82 Å². The van der Waals surface area contributed by atoms with Crippen molar-refractivity contribution in [3.63, 3.8) is 0 Å². The topological polar surface area (TPSA) is 115 Å². The molecule has 1 fully saturated rings. The van der Waals surface area contributed by atoms with Crippen LogP contribution >= 0.6 is 0 Å². The number of hydrogen-bond acceptors (Lipinski definition) is 9. The minimum atomic E-state index is 0.0652. The molecule has 0 atom stereocenters. The average Bonchev–Trinajstić information content (AvgIpc) is 3.12. The summed E-state index contributed by atoms with van der Waals surface area (Å²) in [6, 6.07) is 7.58. The van der Waals surface area contributed by atoms with Gasteiger partial charge in [-0.25, -0.2) is 9.97 Å².